The van der Waals surface area contributed by atoms with Crippen LogP contribution in [0.25, 0.3) is 0 Å². The van der Waals surface area contributed by atoms with Gasteiger partial charge in [0.05, 0.1) is 28.2 Å². The minimum absolute atomic E-state index is 0.128. The summed E-state index contributed by atoms with van der Waals surface area (Å²) in [4.78, 5) is 2.35. The summed E-state index contributed by atoms with van der Waals surface area (Å²) in [6, 6.07) is 12.7. The molecule has 1 fully saturated rings. The van der Waals surface area contributed by atoms with Crippen LogP contribution in [0, 0.1) is 11.8 Å². The highest BCUT2D eigenvalue weighted by Crippen LogP contribution is 2.38. The average molecular weight is 535 g/mol. The molecule has 36 heavy (non-hydrogen) atoms. The van der Waals surface area contributed by atoms with Gasteiger partial charge in [-0.2, -0.15) is 0 Å². The van der Waals surface area contributed by atoms with Crippen LogP contribution in [0.1, 0.15) is 57.3 Å². The molecule has 2 aromatic carbocycles. The smallest absolute Gasteiger partial charge is 0.264 e. The number of benzene rings is 2. The number of sulfonamides is 1. The van der Waals surface area contributed by atoms with Crippen molar-refractivity contribution < 1.29 is 21.9 Å². The number of nitrogens with zero attached hydrogens (tertiary/aromatic N) is 2. The minimum atomic E-state index is -3.85. The second-order valence-corrected chi connectivity index (χ2v) is 14.7. The SMILES string of the molecule is CCc1ccc(N(CC(C)C)S(=O)(=O)c2ccc3c(c2)C(O)CCN3CC2CCS(=O)(=O)CC2)cc1. The second-order valence-electron chi connectivity index (χ2n) is 10.5. The molecule has 0 aliphatic carbocycles. The zero-order valence-electron chi connectivity index (χ0n) is 21.4. The van der Waals surface area contributed by atoms with E-state index in [2.05, 4.69) is 11.8 Å². The molecule has 1 unspecified atom stereocenters. The number of aliphatic hydroxyl groups excluding tert-OH is 1. The Kier molecular flexibility index (Phi) is 8.02. The van der Waals surface area contributed by atoms with Crippen LogP contribution in [0.3, 0.4) is 0 Å². The molecule has 198 valence electrons. The van der Waals surface area contributed by atoms with Gasteiger partial charge in [0.25, 0.3) is 10.0 Å². The molecule has 9 heteroatoms. The number of anilines is 2. The van der Waals surface area contributed by atoms with Gasteiger partial charge in [-0.05, 0) is 73.4 Å². The molecule has 2 aromatic rings. The summed E-state index contributed by atoms with van der Waals surface area (Å²) in [5, 5.41) is 10.8. The third-order valence-electron chi connectivity index (χ3n) is 7.28. The van der Waals surface area contributed by atoms with E-state index in [-0.39, 0.29) is 28.2 Å². The van der Waals surface area contributed by atoms with Gasteiger partial charge >= 0.3 is 0 Å². The quantitative estimate of drug-likeness (QED) is 0.546. The van der Waals surface area contributed by atoms with Crippen LogP contribution >= 0.6 is 0 Å². The van der Waals surface area contributed by atoms with Crippen LogP contribution in [0.2, 0.25) is 0 Å². The third-order valence-corrected chi connectivity index (χ3v) is 10.8. The number of aryl methyl sites for hydroxylation is 1. The topological polar surface area (TPSA) is 95.0 Å². The highest BCUT2D eigenvalue weighted by Gasteiger charge is 2.32. The van der Waals surface area contributed by atoms with E-state index in [1.54, 1.807) is 18.2 Å². The fourth-order valence-electron chi connectivity index (χ4n) is 5.12. The molecule has 2 heterocycles. The molecule has 2 aliphatic rings. The molecule has 0 saturated carbocycles. The van der Waals surface area contributed by atoms with Crippen molar-refractivity contribution in [3.8, 4) is 0 Å². The Bertz CT molecular complexity index is 1260. The van der Waals surface area contributed by atoms with Crippen molar-refractivity contribution in [3.05, 3.63) is 53.6 Å². The van der Waals surface area contributed by atoms with Crippen LogP contribution in [0.4, 0.5) is 11.4 Å². The summed E-state index contributed by atoms with van der Waals surface area (Å²) < 4.78 is 52.8. The first-order chi connectivity index (χ1) is 17.0. The molecule has 1 atom stereocenters. The van der Waals surface area contributed by atoms with Crippen molar-refractivity contribution in [2.45, 2.75) is 57.5 Å². The van der Waals surface area contributed by atoms with Crippen LogP contribution in [-0.2, 0) is 26.3 Å². The van der Waals surface area contributed by atoms with Crippen molar-refractivity contribution in [1.82, 2.24) is 0 Å². The highest BCUT2D eigenvalue weighted by molar-refractivity contribution is 7.92. The maximum absolute atomic E-state index is 13.8. The lowest BCUT2D eigenvalue weighted by Gasteiger charge is -2.37. The van der Waals surface area contributed by atoms with Gasteiger partial charge in [-0.15, -0.1) is 0 Å². The largest absolute Gasteiger partial charge is 0.388 e. The van der Waals surface area contributed by atoms with Crippen molar-refractivity contribution in [1.29, 1.82) is 0 Å². The molecule has 1 N–H and O–H groups in total. The van der Waals surface area contributed by atoms with Gasteiger partial charge < -0.3 is 10.0 Å². The molecular weight excluding hydrogens is 496 g/mol. The van der Waals surface area contributed by atoms with E-state index < -0.39 is 26.0 Å². The van der Waals surface area contributed by atoms with Crippen molar-refractivity contribution in [3.63, 3.8) is 0 Å². The summed E-state index contributed by atoms with van der Waals surface area (Å²) in [5.74, 6) is 0.850. The van der Waals surface area contributed by atoms with E-state index in [0.717, 1.165) is 17.7 Å². The Labute approximate surface area is 216 Å². The highest BCUT2D eigenvalue weighted by atomic mass is 32.2. The normalized spacial score (nSPS) is 20.4. The van der Waals surface area contributed by atoms with E-state index >= 15 is 0 Å². The Morgan fingerprint density at radius 1 is 1.06 bits per heavy atom. The third kappa shape index (κ3) is 5.89. The lowest BCUT2D eigenvalue weighted by atomic mass is 9.96. The van der Waals surface area contributed by atoms with Crippen molar-refractivity contribution in [2.75, 3.05) is 40.3 Å². The maximum Gasteiger partial charge on any atom is 0.264 e. The summed E-state index contributed by atoms with van der Waals surface area (Å²) in [5.41, 5.74) is 3.24. The number of sulfone groups is 1. The van der Waals surface area contributed by atoms with Gasteiger partial charge in [-0.1, -0.05) is 32.9 Å². The van der Waals surface area contributed by atoms with Crippen molar-refractivity contribution in [2.24, 2.45) is 11.8 Å². The van der Waals surface area contributed by atoms with Gasteiger partial charge in [0, 0.05) is 30.9 Å². The van der Waals surface area contributed by atoms with E-state index in [4.69, 9.17) is 0 Å². The molecule has 7 nitrogen and oxygen atoms in total. The molecule has 2 aliphatic heterocycles. The molecule has 0 amide bonds. The molecule has 1 saturated heterocycles. The van der Waals surface area contributed by atoms with Crippen LogP contribution in [0.15, 0.2) is 47.4 Å². The van der Waals surface area contributed by atoms with E-state index in [1.807, 2.05) is 38.1 Å². The Balaban J connectivity index is 1.63. The summed E-state index contributed by atoms with van der Waals surface area (Å²) >= 11 is 0. The van der Waals surface area contributed by atoms with Crippen LogP contribution in [-0.4, -0.2) is 53.1 Å². The van der Waals surface area contributed by atoms with Crippen LogP contribution in [0.5, 0.6) is 0 Å². The zero-order chi connectivity index (χ0) is 26.1. The number of fused-ring (bicyclic) bond motifs is 1. The maximum atomic E-state index is 13.8. The Morgan fingerprint density at radius 2 is 1.72 bits per heavy atom. The van der Waals surface area contributed by atoms with E-state index in [9.17, 15) is 21.9 Å². The molecule has 0 aromatic heterocycles. The van der Waals surface area contributed by atoms with Gasteiger partial charge in [0.1, 0.15) is 9.84 Å². The van der Waals surface area contributed by atoms with Gasteiger partial charge in [0.15, 0.2) is 0 Å². The first kappa shape index (κ1) is 26.9. The summed E-state index contributed by atoms with van der Waals surface area (Å²) in [6.45, 7) is 7.78. The number of hydrogen-bond donors (Lipinski definition) is 1. The van der Waals surface area contributed by atoms with E-state index in [1.165, 1.54) is 4.31 Å². The fourth-order valence-corrected chi connectivity index (χ4v) is 8.38. The zero-order valence-corrected chi connectivity index (χ0v) is 23.1. The molecule has 0 bridgehead atoms. The lowest BCUT2D eigenvalue weighted by molar-refractivity contribution is 0.163. The van der Waals surface area contributed by atoms with Gasteiger partial charge in [0.2, 0.25) is 0 Å². The summed E-state index contributed by atoms with van der Waals surface area (Å²) in [7, 11) is -6.77. The lowest BCUT2D eigenvalue weighted by Crippen LogP contribution is -2.38. The minimum Gasteiger partial charge on any atom is -0.388 e. The first-order valence-corrected chi connectivity index (χ1v) is 16.2. The second kappa shape index (κ2) is 10.7. The molecule has 4 rings (SSSR count). The van der Waals surface area contributed by atoms with E-state index in [0.29, 0.717) is 50.1 Å². The molecule has 0 spiro atoms. The van der Waals surface area contributed by atoms with Crippen LogP contribution < -0.4 is 9.21 Å². The Hall–Kier alpha value is -2.10. The first-order valence-electron chi connectivity index (χ1n) is 12.9. The number of aliphatic hydroxyl groups is 1. The molecule has 0 radical (unpaired) electrons. The standard InChI is InChI=1S/C27H38N2O5S2/c1-4-21-5-7-23(8-6-21)29(18-20(2)3)36(33,34)24-9-10-26-25(17-24)27(30)11-14-28(26)19-22-12-15-35(31,32)16-13-22/h5-10,17,20,22,27,30H,4,11-16,18-19H2,1-3H3. The monoisotopic (exact) mass is 534 g/mol. The Morgan fingerprint density at radius 3 is 2.33 bits per heavy atom. The number of hydrogen-bond acceptors (Lipinski definition) is 6. The predicted octanol–water partition coefficient (Wildman–Crippen LogP) is 4.17. The van der Waals surface area contributed by atoms with Gasteiger partial charge in [-0.25, -0.2) is 16.8 Å². The summed E-state index contributed by atoms with van der Waals surface area (Å²) in [6.07, 6.45) is 1.94. The molecular formula is C27H38N2O5S2. The predicted molar refractivity (Wildman–Crippen MR) is 145 cm³/mol. The van der Waals surface area contributed by atoms with Crippen molar-refractivity contribution >= 4 is 31.2 Å². The average Bonchev–Trinajstić information content (AvgIpc) is 2.85. The fraction of sp³-hybridized carbons (Fsp3) is 0.556. The van der Waals surface area contributed by atoms with Gasteiger partial charge in [-0.3, -0.25) is 4.31 Å². The number of rotatable bonds is 8.